The van der Waals surface area contributed by atoms with E-state index in [1.807, 2.05) is 0 Å². The standard InChI is InChI=1S/C46H33N/c1-3-18-34(19-4-1)47(35-20-5-2-6-21-35)45-29-15-28-42(43-30-32-16-7-9-22-36(32)38-24-11-13-26-40(38)43)46(45)44-31-33-17-8-10-23-37(33)39-25-12-14-27-41(39)44/h1-31,33,37H. The topological polar surface area (TPSA) is 3.24 Å². The van der Waals surface area contributed by atoms with Gasteiger partial charge in [0.2, 0.25) is 0 Å². The Hall–Kier alpha value is -5.92. The summed E-state index contributed by atoms with van der Waals surface area (Å²) in [7, 11) is 0. The van der Waals surface area contributed by atoms with Gasteiger partial charge in [-0.1, -0.05) is 152 Å². The van der Waals surface area contributed by atoms with Gasteiger partial charge in [0, 0.05) is 28.8 Å². The molecule has 1 heteroatoms. The molecule has 0 bridgehead atoms. The minimum Gasteiger partial charge on any atom is -0.310 e. The molecule has 2 aliphatic carbocycles. The monoisotopic (exact) mass is 599 g/mol. The number of fused-ring (bicyclic) bond motifs is 6. The first-order valence-electron chi connectivity index (χ1n) is 16.5. The Kier molecular flexibility index (Phi) is 6.68. The molecule has 2 unspecified atom stereocenters. The van der Waals surface area contributed by atoms with E-state index in [0.717, 1.165) is 17.1 Å². The van der Waals surface area contributed by atoms with Crippen molar-refractivity contribution in [2.24, 2.45) is 5.92 Å². The van der Waals surface area contributed by atoms with Crippen LogP contribution in [0, 0.1) is 5.92 Å². The third-order valence-electron chi connectivity index (χ3n) is 9.79. The van der Waals surface area contributed by atoms with Gasteiger partial charge in [0.25, 0.3) is 0 Å². The van der Waals surface area contributed by atoms with Gasteiger partial charge in [-0.15, -0.1) is 0 Å². The van der Waals surface area contributed by atoms with E-state index in [4.69, 9.17) is 0 Å². The lowest BCUT2D eigenvalue weighted by atomic mass is 9.72. The van der Waals surface area contributed by atoms with Gasteiger partial charge in [0.1, 0.15) is 0 Å². The number of benzene rings is 7. The molecular weight excluding hydrogens is 567 g/mol. The number of rotatable bonds is 5. The summed E-state index contributed by atoms with van der Waals surface area (Å²) in [5.41, 5.74) is 11.1. The van der Waals surface area contributed by atoms with E-state index in [9.17, 15) is 0 Å². The Bertz CT molecular complexity index is 2320. The molecule has 7 aromatic rings. The number of nitrogens with zero attached hydrogens (tertiary/aromatic N) is 1. The van der Waals surface area contributed by atoms with Crippen LogP contribution < -0.4 is 4.90 Å². The minimum absolute atomic E-state index is 0.279. The summed E-state index contributed by atoms with van der Waals surface area (Å²) in [4.78, 5) is 2.42. The second kappa shape index (κ2) is 11.5. The highest BCUT2D eigenvalue weighted by molar-refractivity contribution is 6.15. The third-order valence-corrected chi connectivity index (χ3v) is 9.79. The molecular formula is C46H33N. The predicted octanol–water partition coefficient (Wildman–Crippen LogP) is 12.4. The molecule has 0 radical (unpaired) electrons. The second-order valence-electron chi connectivity index (χ2n) is 12.4. The van der Waals surface area contributed by atoms with Crippen molar-refractivity contribution >= 4 is 44.2 Å². The minimum atomic E-state index is 0.279. The van der Waals surface area contributed by atoms with E-state index in [1.54, 1.807) is 0 Å². The van der Waals surface area contributed by atoms with Gasteiger partial charge < -0.3 is 4.90 Å². The van der Waals surface area contributed by atoms with Crippen LogP contribution in [0.5, 0.6) is 0 Å². The zero-order chi connectivity index (χ0) is 31.2. The van der Waals surface area contributed by atoms with Crippen LogP contribution in [0.2, 0.25) is 0 Å². The fourth-order valence-corrected chi connectivity index (χ4v) is 7.72. The maximum Gasteiger partial charge on any atom is 0.0546 e. The molecule has 0 aromatic heterocycles. The molecule has 2 aliphatic rings. The van der Waals surface area contributed by atoms with Gasteiger partial charge in [0.15, 0.2) is 0 Å². The molecule has 0 amide bonds. The maximum absolute atomic E-state index is 2.52. The van der Waals surface area contributed by atoms with Crippen LogP contribution in [0.15, 0.2) is 188 Å². The largest absolute Gasteiger partial charge is 0.310 e. The molecule has 47 heavy (non-hydrogen) atoms. The number of hydrogen-bond donors (Lipinski definition) is 0. The first-order chi connectivity index (χ1) is 23.3. The molecule has 1 nitrogen and oxygen atoms in total. The van der Waals surface area contributed by atoms with Crippen LogP contribution in [-0.4, -0.2) is 0 Å². The molecule has 2 atom stereocenters. The number of allylic oxidation sites excluding steroid dienone is 5. The van der Waals surface area contributed by atoms with Crippen molar-refractivity contribution in [3.8, 4) is 11.1 Å². The highest BCUT2D eigenvalue weighted by Gasteiger charge is 2.31. The van der Waals surface area contributed by atoms with Crippen LogP contribution in [0.1, 0.15) is 22.6 Å². The number of para-hydroxylation sites is 2. The van der Waals surface area contributed by atoms with E-state index in [1.165, 1.54) is 54.9 Å². The second-order valence-corrected chi connectivity index (χ2v) is 12.4. The first kappa shape index (κ1) is 27.4. The fourth-order valence-electron chi connectivity index (χ4n) is 7.72. The van der Waals surface area contributed by atoms with Gasteiger partial charge in [-0.2, -0.15) is 0 Å². The lowest BCUT2D eigenvalue weighted by Gasteiger charge is -2.34. The Labute approximate surface area is 276 Å². The zero-order valence-electron chi connectivity index (χ0n) is 26.0. The molecule has 0 saturated heterocycles. The van der Waals surface area contributed by atoms with Crippen molar-refractivity contribution in [2.45, 2.75) is 5.92 Å². The molecule has 0 spiro atoms. The van der Waals surface area contributed by atoms with E-state index in [-0.39, 0.29) is 5.92 Å². The van der Waals surface area contributed by atoms with Crippen LogP contribution in [0.25, 0.3) is 38.2 Å². The average Bonchev–Trinajstić information content (AvgIpc) is 3.15. The van der Waals surface area contributed by atoms with Crippen molar-refractivity contribution in [3.63, 3.8) is 0 Å². The molecule has 0 fully saturated rings. The molecule has 9 rings (SSSR count). The summed E-state index contributed by atoms with van der Waals surface area (Å²) in [6, 6.07) is 57.5. The van der Waals surface area contributed by atoms with E-state index in [2.05, 4.69) is 193 Å². The summed E-state index contributed by atoms with van der Waals surface area (Å²) in [6.45, 7) is 0. The normalized spacial score (nSPS) is 16.5. The lowest BCUT2D eigenvalue weighted by Crippen LogP contribution is -2.18. The maximum atomic E-state index is 2.52. The van der Waals surface area contributed by atoms with Crippen molar-refractivity contribution < 1.29 is 0 Å². The fraction of sp³-hybridized carbons (Fsp3) is 0.0435. The van der Waals surface area contributed by atoms with Crippen molar-refractivity contribution in [1.82, 2.24) is 0 Å². The van der Waals surface area contributed by atoms with E-state index < -0.39 is 0 Å². The van der Waals surface area contributed by atoms with E-state index >= 15 is 0 Å². The quantitative estimate of drug-likeness (QED) is 0.178. The predicted molar refractivity (Wildman–Crippen MR) is 200 cm³/mol. The summed E-state index contributed by atoms with van der Waals surface area (Å²) in [5, 5.41) is 5.07. The molecule has 0 aliphatic heterocycles. The number of anilines is 3. The average molecular weight is 600 g/mol. The molecule has 0 saturated carbocycles. The number of hydrogen-bond acceptors (Lipinski definition) is 1. The zero-order valence-corrected chi connectivity index (χ0v) is 26.0. The van der Waals surface area contributed by atoms with Crippen molar-refractivity contribution in [3.05, 3.63) is 205 Å². The SMILES string of the molecule is C1=CC2C=C(c3c(-c4cc5ccccc5c5ccccc45)cccc3N(c3ccccc3)c3ccccc3)c3ccccc3C2C=C1. The molecule has 0 N–H and O–H groups in total. The summed E-state index contributed by atoms with van der Waals surface area (Å²) >= 11 is 0. The van der Waals surface area contributed by atoms with Gasteiger partial charge in [-0.25, -0.2) is 0 Å². The van der Waals surface area contributed by atoms with Gasteiger partial charge in [0.05, 0.1) is 5.69 Å². The summed E-state index contributed by atoms with van der Waals surface area (Å²) in [5.74, 6) is 0.609. The Morgan fingerprint density at radius 3 is 1.85 bits per heavy atom. The molecule has 7 aromatic carbocycles. The van der Waals surface area contributed by atoms with Crippen molar-refractivity contribution in [2.75, 3.05) is 4.90 Å². The Balaban J connectivity index is 1.41. The van der Waals surface area contributed by atoms with Crippen LogP contribution in [0.3, 0.4) is 0 Å². The Morgan fingerprint density at radius 2 is 1.06 bits per heavy atom. The van der Waals surface area contributed by atoms with Crippen LogP contribution in [0.4, 0.5) is 17.1 Å². The highest BCUT2D eigenvalue weighted by Crippen LogP contribution is 2.51. The summed E-state index contributed by atoms with van der Waals surface area (Å²) in [6.07, 6.45) is 11.6. The van der Waals surface area contributed by atoms with E-state index in [0.29, 0.717) is 5.92 Å². The molecule has 222 valence electrons. The first-order valence-corrected chi connectivity index (χ1v) is 16.5. The Morgan fingerprint density at radius 1 is 0.447 bits per heavy atom. The van der Waals surface area contributed by atoms with Gasteiger partial charge in [-0.05, 0) is 85.8 Å². The van der Waals surface area contributed by atoms with Gasteiger partial charge in [-0.3, -0.25) is 0 Å². The third kappa shape index (κ3) is 4.63. The van der Waals surface area contributed by atoms with Crippen molar-refractivity contribution in [1.29, 1.82) is 0 Å². The van der Waals surface area contributed by atoms with Crippen LogP contribution in [-0.2, 0) is 0 Å². The van der Waals surface area contributed by atoms with Crippen LogP contribution >= 0.6 is 0 Å². The highest BCUT2D eigenvalue weighted by atomic mass is 15.1. The molecule has 0 heterocycles. The van der Waals surface area contributed by atoms with Gasteiger partial charge >= 0.3 is 0 Å². The lowest BCUT2D eigenvalue weighted by molar-refractivity contribution is 0.689. The smallest absolute Gasteiger partial charge is 0.0546 e. The summed E-state index contributed by atoms with van der Waals surface area (Å²) < 4.78 is 0.